The Balaban J connectivity index is 1.39. The van der Waals surface area contributed by atoms with Crippen molar-refractivity contribution in [3.63, 3.8) is 0 Å². The molecule has 0 spiro atoms. The van der Waals surface area contributed by atoms with E-state index >= 15 is 0 Å². The molecule has 1 aromatic carbocycles. The standard InChI is InChI=1S/C20H24N2O6/c1-26-20(25)15-4-6-17(7-5-15)28-14-16(23)13-21-8-10-22(11-9-21)19(24)18-3-2-12-27-18/h2-7,12,16,23H,8-11,13-14H2,1H3/t16-/m1/s1. The van der Waals surface area contributed by atoms with Crippen LogP contribution in [0.4, 0.5) is 0 Å². The number of hydrogen-bond donors (Lipinski definition) is 1. The minimum atomic E-state index is -0.660. The van der Waals surface area contributed by atoms with Gasteiger partial charge in [-0.15, -0.1) is 0 Å². The average Bonchev–Trinajstić information content (AvgIpc) is 3.27. The van der Waals surface area contributed by atoms with E-state index in [1.54, 1.807) is 41.3 Å². The summed E-state index contributed by atoms with van der Waals surface area (Å²) >= 11 is 0. The Morgan fingerprint density at radius 3 is 2.46 bits per heavy atom. The summed E-state index contributed by atoms with van der Waals surface area (Å²) in [5, 5.41) is 10.2. The van der Waals surface area contributed by atoms with Gasteiger partial charge in [0.25, 0.3) is 5.91 Å². The van der Waals surface area contributed by atoms with Crippen LogP contribution in [0.2, 0.25) is 0 Å². The third kappa shape index (κ3) is 5.11. The van der Waals surface area contributed by atoms with Gasteiger partial charge < -0.3 is 23.9 Å². The molecule has 0 unspecified atom stereocenters. The summed E-state index contributed by atoms with van der Waals surface area (Å²) in [5.74, 6) is 0.404. The molecule has 0 saturated carbocycles. The third-order valence-electron chi connectivity index (χ3n) is 4.58. The van der Waals surface area contributed by atoms with Crippen molar-refractivity contribution >= 4 is 11.9 Å². The van der Waals surface area contributed by atoms with Gasteiger partial charge in [-0.25, -0.2) is 4.79 Å². The predicted molar refractivity (Wildman–Crippen MR) is 100 cm³/mol. The van der Waals surface area contributed by atoms with Crippen molar-refractivity contribution in [3.8, 4) is 5.75 Å². The van der Waals surface area contributed by atoms with Gasteiger partial charge in [0.2, 0.25) is 0 Å². The second kappa shape index (κ2) is 9.38. The lowest BCUT2D eigenvalue weighted by Gasteiger charge is -2.35. The number of amides is 1. The number of aliphatic hydroxyl groups is 1. The maximum Gasteiger partial charge on any atom is 0.337 e. The molecule has 8 nitrogen and oxygen atoms in total. The summed E-state index contributed by atoms with van der Waals surface area (Å²) in [6.45, 7) is 3.13. The van der Waals surface area contributed by atoms with Crippen LogP contribution in [0.15, 0.2) is 47.1 Å². The quantitative estimate of drug-likeness (QED) is 0.714. The Bertz CT molecular complexity index is 767. The minimum Gasteiger partial charge on any atom is -0.491 e. The summed E-state index contributed by atoms with van der Waals surface area (Å²) in [7, 11) is 1.33. The first kappa shape index (κ1) is 19.9. The number of hydrogen-bond acceptors (Lipinski definition) is 7. The molecule has 1 atom stereocenters. The second-order valence-electron chi connectivity index (χ2n) is 6.55. The van der Waals surface area contributed by atoms with Crippen LogP contribution < -0.4 is 4.74 Å². The van der Waals surface area contributed by atoms with Crippen LogP contribution in [0.1, 0.15) is 20.9 Å². The molecule has 28 heavy (non-hydrogen) atoms. The molecule has 2 aromatic rings. The van der Waals surface area contributed by atoms with E-state index in [0.717, 1.165) is 0 Å². The fourth-order valence-electron chi connectivity index (χ4n) is 3.04. The number of rotatable bonds is 7. The lowest BCUT2D eigenvalue weighted by Crippen LogP contribution is -2.50. The number of esters is 1. The smallest absolute Gasteiger partial charge is 0.337 e. The summed E-state index contributed by atoms with van der Waals surface area (Å²) in [6, 6.07) is 9.91. The van der Waals surface area contributed by atoms with E-state index in [0.29, 0.717) is 49.8 Å². The Morgan fingerprint density at radius 2 is 1.86 bits per heavy atom. The number of carbonyl (C=O) groups excluding carboxylic acids is 2. The number of piperazine rings is 1. The first-order valence-corrected chi connectivity index (χ1v) is 9.11. The van der Waals surface area contributed by atoms with Gasteiger partial charge in [-0.05, 0) is 36.4 Å². The molecular weight excluding hydrogens is 364 g/mol. The van der Waals surface area contributed by atoms with Crippen LogP contribution in [0.5, 0.6) is 5.75 Å². The van der Waals surface area contributed by atoms with Crippen molar-refractivity contribution in [2.45, 2.75) is 6.10 Å². The van der Waals surface area contributed by atoms with E-state index < -0.39 is 12.1 Å². The van der Waals surface area contributed by atoms with Crippen molar-refractivity contribution in [3.05, 3.63) is 54.0 Å². The predicted octanol–water partition coefficient (Wildman–Crippen LogP) is 1.26. The molecule has 1 aliphatic heterocycles. The van der Waals surface area contributed by atoms with Crippen LogP contribution in [0, 0.1) is 0 Å². The molecule has 1 aromatic heterocycles. The van der Waals surface area contributed by atoms with Gasteiger partial charge in [0.1, 0.15) is 18.5 Å². The van der Waals surface area contributed by atoms with Crippen molar-refractivity contribution in [2.24, 2.45) is 0 Å². The van der Waals surface area contributed by atoms with Crippen LogP contribution in [-0.2, 0) is 4.74 Å². The lowest BCUT2D eigenvalue weighted by atomic mass is 10.2. The van der Waals surface area contributed by atoms with Crippen LogP contribution in [-0.4, -0.2) is 79.3 Å². The topological polar surface area (TPSA) is 92.5 Å². The maximum atomic E-state index is 12.2. The molecule has 0 bridgehead atoms. The Hall–Kier alpha value is -2.84. The van der Waals surface area contributed by atoms with Crippen molar-refractivity contribution in [2.75, 3.05) is 46.4 Å². The summed E-state index contributed by atoms with van der Waals surface area (Å²) in [4.78, 5) is 27.5. The molecule has 1 aliphatic rings. The monoisotopic (exact) mass is 388 g/mol. The zero-order valence-electron chi connectivity index (χ0n) is 15.7. The Kier molecular flexibility index (Phi) is 6.67. The highest BCUT2D eigenvalue weighted by Gasteiger charge is 2.24. The molecule has 1 fully saturated rings. The van der Waals surface area contributed by atoms with Gasteiger partial charge in [0.05, 0.1) is 18.9 Å². The molecule has 8 heteroatoms. The third-order valence-corrected chi connectivity index (χ3v) is 4.58. The number of benzene rings is 1. The maximum absolute atomic E-state index is 12.2. The van der Waals surface area contributed by atoms with E-state index in [-0.39, 0.29) is 12.5 Å². The first-order valence-electron chi connectivity index (χ1n) is 9.11. The van der Waals surface area contributed by atoms with Gasteiger partial charge >= 0.3 is 5.97 Å². The number of carbonyl (C=O) groups is 2. The van der Waals surface area contributed by atoms with E-state index in [1.807, 2.05) is 0 Å². The van der Waals surface area contributed by atoms with E-state index in [4.69, 9.17) is 9.15 Å². The molecule has 1 N–H and O–H groups in total. The van der Waals surface area contributed by atoms with Crippen LogP contribution in [0.3, 0.4) is 0 Å². The summed E-state index contributed by atoms with van der Waals surface area (Å²) < 4.78 is 15.4. The highest BCUT2D eigenvalue weighted by Crippen LogP contribution is 2.14. The van der Waals surface area contributed by atoms with Gasteiger partial charge in [-0.1, -0.05) is 0 Å². The SMILES string of the molecule is COC(=O)c1ccc(OC[C@H](O)CN2CCN(C(=O)c3ccco3)CC2)cc1. The van der Waals surface area contributed by atoms with Crippen LogP contribution >= 0.6 is 0 Å². The number of β-amino-alcohol motifs (C(OH)–C–C–N with tert-alkyl or cyclic N) is 1. The van der Waals surface area contributed by atoms with Gasteiger partial charge in [-0.3, -0.25) is 9.69 Å². The van der Waals surface area contributed by atoms with Crippen molar-refractivity contribution in [1.82, 2.24) is 9.80 Å². The first-order chi connectivity index (χ1) is 13.6. The molecule has 150 valence electrons. The number of nitrogens with zero attached hydrogens (tertiary/aromatic N) is 2. The summed E-state index contributed by atoms with van der Waals surface area (Å²) in [5.41, 5.74) is 0.442. The van der Waals surface area contributed by atoms with Gasteiger partial charge in [-0.2, -0.15) is 0 Å². The largest absolute Gasteiger partial charge is 0.491 e. The molecular formula is C20H24N2O6. The zero-order valence-corrected chi connectivity index (χ0v) is 15.7. The van der Waals surface area contributed by atoms with Gasteiger partial charge in [0.15, 0.2) is 5.76 Å². The van der Waals surface area contributed by atoms with E-state index in [1.165, 1.54) is 13.4 Å². The molecule has 1 amide bonds. The second-order valence-corrected chi connectivity index (χ2v) is 6.55. The minimum absolute atomic E-state index is 0.107. The summed E-state index contributed by atoms with van der Waals surface area (Å²) in [6.07, 6.45) is 0.829. The zero-order chi connectivity index (χ0) is 19.9. The fraction of sp³-hybridized carbons (Fsp3) is 0.400. The molecule has 0 radical (unpaired) electrons. The fourth-order valence-corrected chi connectivity index (χ4v) is 3.04. The Morgan fingerprint density at radius 1 is 1.14 bits per heavy atom. The number of methoxy groups -OCH3 is 1. The van der Waals surface area contributed by atoms with Gasteiger partial charge in [0, 0.05) is 32.7 Å². The molecule has 2 heterocycles. The molecule has 0 aliphatic carbocycles. The van der Waals surface area contributed by atoms with Crippen molar-refractivity contribution < 1.29 is 28.6 Å². The lowest BCUT2D eigenvalue weighted by molar-refractivity contribution is 0.0389. The normalized spacial score (nSPS) is 15.9. The van der Waals surface area contributed by atoms with Crippen molar-refractivity contribution in [1.29, 1.82) is 0 Å². The highest BCUT2D eigenvalue weighted by atomic mass is 16.5. The Labute approximate surface area is 163 Å². The highest BCUT2D eigenvalue weighted by molar-refractivity contribution is 5.91. The van der Waals surface area contributed by atoms with Crippen LogP contribution in [0.25, 0.3) is 0 Å². The number of ether oxygens (including phenoxy) is 2. The average molecular weight is 388 g/mol. The van der Waals surface area contributed by atoms with E-state index in [9.17, 15) is 14.7 Å². The van der Waals surface area contributed by atoms with E-state index in [2.05, 4.69) is 9.64 Å². The molecule has 3 rings (SSSR count). The number of aliphatic hydroxyl groups excluding tert-OH is 1. The number of furan rings is 1. The molecule has 1 saturated heterocycles.